The lowest BCUT2D eigenvalue weighted by atomic mass is 9.82. The van der Waals surface area contributed by atoms with E-state index in [2.05, 4.69) is 15.9 Å². The van der Waals surface area contributed by atoms with E-state index in [-0.39, 0.29) is 30.5 Å². The van der Waals surface area contributed by atoms with Crippen LogP contribution in [0.3, 0.4) is 0 Å². The molecule has 0 aliphatic carbocycles. The highest BCUT2D eigenvalue weighted by atomic mass is 79.9. The molecule has 0 fully saturated rings. The molecule has 0 spiro atoms. The van der Waals surface area contributed by atoms with Gasteiger partial charge in [-0.15, -0.1) is 12.4 Å². The van der Waals surface area contributed by atoms with Crippen LogP contribution in [0.15, 0.2) is 22.7 Å². The second kappa shape index (κ2) is 6.01. The molecule has 0 amide bonds. The Balaban J connectivity index is 0.00000225. The van der Waals surface area contributed by atoms with E-state index in [0.717, 1.165) is 10.0 Å². The fourth-order valence-electron chi connectivity index (χ4n) is 1.40. The Hall–Kier alpha value is -0.0900. The van der Waals surface area contributed by atoms with E-state index >= 15 is 0 Å². The van der Waals surface area contributed by atoms with Crippen LogP contribution in [0.2, 0.25) is 0 Å². The average Bonchev–Trinajstić information content (AvgIpc) is 2.17. The first-order valence-electron chi connectivity index (χ1n) is 5.01. The van der Waals surface area contributed by atoms with Crippen molar-refractivity contribution in [3.05, 3.63) is 33.8 Å². The topological polar surface area (TPSA) is 46.2 Å². The highest BCUT2D eigenvalue weighted by molar-refractivity contribution is 9.10. The van der Waals surface area contributed by atoms with Crippen LogP contribution in [0, 0.1) is 12.3 Å². The minimum atomic E-state index is -0.308. The number of aliphatic hydroxyl groups excluding tert-OH is 1. The molecule has 0 aliphatic rings. The lowest BCUT2D eigenvalue weighted by molar-refractivity contribution is 0.132. The van der Waals surface area contributed by atoms with Gasteiger partial charge in [0.1, 0.15) is 0 Å². The normalized spacial score (nSPS) is 13.1. The van der Waals surface area contributed by atoms with Gasteiger partial charge in [-0.2, -0.15) is 0 Å². The Morgan fingerprint density at radius 2 is 2.00 bits per heavy atom. The van der Waals surface area contributed by atoms with Crippen LogP contribution < -0.4 is 5.73 Å². The van der Waals surface area contributed by atoms with E-state index < -0.39 is 0 Å². The van der Waals surface area contributed by atoms with E-state index in [4.69, 9.17) is 5.73 Å². The van der Waals surface area contributed by atoms with Crippen molar-refractivity contribution < 1.29 is 5.11 Å². The predicted molar refractivity (Wildman–Crippen MR) is 73.9 cm³/mol. The second-order valence-electron chi connectivity index (χ2n) is 4.65. The van der Waals surface area contributed by atoms with Gasteiger partial charge in [-0.25, -0.2) is 0 Å². The minimum Gasteiger partial charge on any atom is -0.396 e. The number of halogens is 2. The van der Waals surface area contributed by atoms with Gasteiger partial charge in [0, 0.05) is 22.5 Å². The highest BCUT2D eigenvalue weighted by Gasteiger charge is 2.28. The van der Waals surface area contributed by atoms with Crippen molar-refractivity contribution in [3.63, 3.8) is 0 Å². The molecule has 0 unspecified atom stereocenters. The molecule has 1 aromatic carbocycles. The summed E-state index contributed by atoms with van der Waals surface area (Å²) in [6, 6.07) is 5.93. The summed E-state index contributed by atoms with van der Waals surface area (Å²) >= 11 is 3.51. The van der Waals surface area contributed by atoms with Gasteiger partial charge in [0.25, 0.3) is 0 Å². The number of rotatable bonds is 3. The van der Waals surface area contributed by atoms with Crippen LogP contribution in [0.25, 0.3) is 0 Å². The van der Waals surface area contributed by atoms with Crippen LogP contribution in [0.1, 0.15) is 31.0 Å². The van der Waals surface area contributed by atoms with E-state index in [1.54, 1.807) is 0 Å². The van der Waals surface area contributed by atoms with Gasteiger partial charge >= 0.3 is 0 Å². The third kappa shape index (κ3) is 3.45. The summed E-state index contributed by atoms with van der Waals surface area (Å²) in [5.41, 5.74) is 8.07. The fourth-order valence-corrected chi connectivity index (χ4v) is 2.14. The molecule has 3 N–H and O–H groups in total. The van der Waals surface area contributed by atoms with E-state index in [9.17, 15) is 5.11 Å². The molecule has 2 nitrogen and oxygen atoms in total. The number of benzene rings is 1. The van der Waals surface area contributed by atoms with E-state index in [1.165, 1.54) is 5.56 Å². The summed E-state index contributed by atoms with van der Waals surface area (Å²) in [5.74, 6) is 0. The van der Waals surface area contributed by atoms with Crippen LogP contribution in [-0.2, 0) is 0 Å². The van der Waals surface area contributed by atoms with Crippen molar-refractivity contribution >= 4 is 28.3 Å². The molecule has 16 heavy (non-hydrogen) atoms. The summed E-state index contributed by atoms with van der Waals surface area (Å²) in [6.07, 6.45) is 0. The van der Waals surface area contributed by atoms with E-state index in [1.807, 2.05) is 39.0 Å². The van der Waals surface area contributed by atoms with Crippen molar-refractivity contribution in [3.8, 4) is 0 Å². The van der Waals surface area contributed by atoms with Crippen LogP contribution in [-0.4, -0.2) is 11.7 Å². The summed E-state index contributed by atoms with van der Waals surface area (Å²) in [7, 11) is 0. The molecule has 0 radical (unpaired) electrons. The molecular formula is C12H19BrClNO. The van der Waals surface area contributed by atoms with Crippen LogP contribution in [0.5, 0.6) is 0 Å². The predicted octanol–water partition coefficient (Wildman–Crippen LogP) is 3.20. The molecule has 0 aromatic heterocycles. The summed E-state index contributed by atoms with van der Waals surface area (Å²) in [4.78, 5) is 0. The smallest absolute Gasteiger partial charge is 0.0500 e. The SMILES string of the molecule is Cc1ccc([C@@H](N)C(C)(C)CO)c(Br)c1.Cl. The Kier molecular flexibility index (Phi) is 5.98. The van der Waals surface area contributed by atoms with Crippen LogP contribution in [0.4, 0.5) is 0 Å². The first kappa shape index (κ1) is 15.9. The molecule has 0 heterocycles. The monoisotopic (exact) mass is 307 g/mol. The Morgan fingerprint density at radius 3 is 2.44 bits per heavy atom. The van der Waals surface area contributed by atoms with Crippen molar-refractivity contribution in [1.29, 1.82) is 0 Å². The maximum Gasteiger partial charge on any atom is 0.0500 e. The summed E-state index contributed by atoms with van der Waals surface area (Å²) in [6.45, 7) is 6.04. The zero-order valence-corrected chi connectivity index (χ0v) is 12.2. The standard InChI is InChI=1S/C12H18BrNO.ClH/c1-8-4-5-9(10(13)6-8)11(14)12(2,3)7-15;/h4-6,11,15H,7,14H2,1-3H3;1H/t11-;/m1./s1. The largest absolute Gasteiger partial charge is 0.396 e. The first-order chi connectivity index (χ1) is 6.88. The average molecular weight is 309 g/mol. The Morgan fingerprint density at radius 1 is 1.44 bits per heavy atom. The fraction of sp³-hybridized carbons (Fsp3) is 0.500. The van der Waals surface area contributed by atoms with Crippen molar-refractivity contribution in [2.24, 2.45) is 11.1 Å². The first-order valence-corrected chi connectivity index (χ1v) is 5.80. The third-order valence-electron chi connectivity index (χ3n) is 2.74. The van der Waals surface area contributed by atoms with Gasteiger partial charge in [-0.1, -0.05) is 41.9 Å². The minimum absolute atomic E-state index is 0. The molecule has 0 saturated heterocycles. The highest BCUT2D eigenvalue weighted by Crippen LogP contribution is 2.34. The summed E-state index contributed by atoms with van der Waals surface area (Å²) in [5, 5.41) is 9.28. The molecular weight excluding hydrogens is 289 g/mol. The Bertz CT molecular complexity index is 355. The maximum atomic E-state index is 9.28. The van der Waals surface area contributed by atoms with Crippen molar-refractivity contribution in [2.45, 2.75) is 26.8 Å². The number of aryl methyl sites for hydroxylation is 1. The molecule has 0 aliphatic heterocycles. The molecule has 92 valence electrons. The summed E-state index contributed by atoms with van der Waals surface area (Å²) < 4.78 is 1.01. The van der Waals surface area contributed by atoms with Gasteiger partial charge in [-0.3, -0.25) is 0 Å². The molecule has 1 atom stereocenters. The quantitative estimate of drug-likeness (QED) is 0.901. The van der Waals surface area contributed by atoms with Crippen molar-refractivity contribution in [2.75, 3.05) is 6.61 Å². The van der Waals surface area contributed by atoms with Gasteiger partial charge in [0.15, 0.2) is 0 Å². The molecule has 0 bridgehead atoms. The Labute approximate surface area is 112 Å². The number of hydrogen-bond donors (Lipinski definition) is 2. The van der Waals surface area contributed by atoms with Gasteiger partial charge in [0.05, 0.1) is 0 Å². The van der Waals surface area contributed by atoms with Gasteiger partial charge < -0.3 is 10.8 Å². The lowest BCUT2D eigenvalue weighted by Gasteiger charge is -2.30. The number of nitrogens with two attached hydrogens (primary N) is 1. The van der Waals surface area contributed by atoms with Gasteiger partial charge in [-0.05, 0) is 24.1 Å². The molecule has 4 heteroatoms. The molecule has 1 aromatic rings. The lowest BCUT2D eigenvalue weighted by Crippen LogP contribution is -2.32. The molecule has 1 rings (SSSR count). The number of aliphatic hydroxyl groups is 1. The van der Waals surface area contributed by atoms with Crippen LogP contribution >= 0.6 is 28.3 Å². The van der Waals surface area contributed by atoms with E-state index in [0.29, 0.717) is 0 Å². The van der Waals surface area contributed by atoms with Crippen molar-refractivity contribution in [1.82, 2.24) is 0 Å². The maximum absolute atomic E-state index is 9.28. The third-order valence-corrected chi connectivity index (χ3v) is 3.43. The second-order valence-corrected chi connectivity index (χ2v) is 5.50. The zero-order valence-electron chi connectivity index (χ0n) is 9.83. The number of hydrogen-bond acceptors (Lipinski definition) is 2. The zero-order chi connectivity index (χ0) is 11.6. The molecule has 0 saturated carbocycles. The van der Waals surface area contributed by atoms with Gasteiger partial charge in [0.2, 0.25) is 0 Å².